The third kappa shape index (κ3) is 3.03. The summed E-state index contributed by atoms with van der Waals surface area (Å²) in [6.45, 7) is 4.05. The first-order chi connectivity index (χ1) is 7.45. The highest BCUT2D eigenvalue weighted by Crippen LogP contribution is 2.10. The third-order valence-electron chi connectivity index (χ3n) is 1.91. The fraction of sp³-hybridized carbons (Fsp3) is 0.500. The van der Waals surface area contributed by atoms with Gasteiger partial charge in [0.15, 0.2) is 0 Å². The van der Waals surface area contributed by atoms with E-state index in [0.717, 1.165) is 0 Å². The normalized spacial score (nSPS) is 10.6. The predicted octanol–water partition coefficient (Wildman–Crippen LogP) is 1.36. The van der Waals surface area contributed by atoms with E-state index in [0.29, 0.717) is 21.6 Å². The van der Waals surface area contributed by atoms with Gasteiger partial charge < -0.3 is 4.74 Å². The van der Waals surface area contributed by atoms with Gasteiger partial charge in [0.25, 0.3) is 5.56 Å². The van der Waals surface area contributed by atoms with Crippen molar-refractivity contribution >= 4 is 28.6 Å². The molecule has 1 aromatic rings. The second-order valence-electron chi connectivity index (χ2n) is 3.76. The van der Waals surface area contributed by atoms with Crippen molar-refractivity contribution in [3.05, 3.63) is 25.4 Å². The standard InChI is InChI=1S/C10H13IN2O3/c1-5(2)4-6-7(11)9(14)13-8(12-6)10(15)16-3/h5H,4H2,1-3H3,(H,12,13,14). The smallest absolute Gasteiger partial charge is 0.374 e. The first-order valence-corrected chi connectivity index (χ1v) is 5.90. The number of aromatic nitrogens is 2. The Balaban J connectivity index is 3.22. The number of ether oxygens (including phenoxy) is 1. The molecule has 6 heteroatoms. The second-order valence-corrected chi connectivity index (χ2v) is 4.84. The average molecular weight is 336 g/mol. The number of hydrogen-bond acceptors (Lipinski definition) is 4. The molecular formula is C10H13IN2O3. The summed E-state index contributed by atoms with van der Waals surface area (Å²) < 4.78 is 5.04. The van der Waals surface area contributed by atoms with Crippen LogP contribution in [0.15, 0.2) is 4.79 Å². The Morgan fingerprint density at radius 1 is 1.56 bits per heavy atom. The van der Waals surface area contributed by atoms with Crippen LogP contribution in [0, 0.1) is 9.49 Å². The molecule has 5 nitrogen and oxygen atoms in total. The summed E-state index contributed by atoms with van der Waals surface area (Å²) in [5.74, 6) is -0.296. The molecular weight excluding hydrogens is 323 g/mol. The molecule has 0 radical (unpaired) electrons. The summed E-state index contributed by atoms with van der Waals surface area (Å²) in [7, 11) is 1.25. The lowest BCUT2D eigenvalue weighted by atomic mass is 10.1. The van der Waals surface area contributed by atoms with Crippen molar-refractivity contribution in [3.8, 4) is 0 Å². The summed E-state index contributed by atoms with van der Waals surface area (Å²) in [6.07, 6.45) is 0.659. The van der Waals surface area contributed by atoms with Crippen LogP contribution in [0.2, 0.25) is 0 Å². The van der Waals surface area contributed by atoms with E-state index >= 15 is 0 Å². The van der Waals surface area contributed by atoms with Crippen LogP contribution in [0.4, 0.5) is 0 Å². The van der Waals surface area contributed by atoms with Gasteiger partial charge in [0.05, 0.1) is 16.4 Å². The van der Waals surface area contributed by atoms with Gasteiger partial charge in [-0.05, 0) is 34.9 Å². The lowest BCUT2D eigenvalue weighted by Gasteiger charge is -2.07. The molecule has 0 saturated heterocycles. The number of methoxy groups -OCH3 is 1. The minimum atomic E-state index is -0.626. The maximum Gasteiger partial charge on any atom is 0.374 e. The van der Waals surface area contributed by atoms with Crippen LogP contribution in [-0.4, -0.2) is 23.0 Å². The molecule has 88 valence electrons. The first-order valence-electron chi connectivity index (χ1n) is 4.82. The van der Waals surface area contributed by atoms with Crippen LogP contribution in [0.25, 0.3) is 0 Å². The first kappa shape index (κ1) is 13.1. The number of nitrogens with one attached hydrogen (secondary N) is 1. The van der Waals surface area contributed by atoms with E-state index in [9.17, 15) is 9.59 Å². The van der Waals surface area contributed by atoms with Crippen LogP contribution in [0.1, 0.15) is 30.2 Å². The van der Waals surface area contributed by atoms with Crippen molar-refractivity contribution < 1.29 is 9.53 Å². The topological polar surface area (TPSA) is 72.0 Å². The van der Waals surface area contributed by atoms with Gasteiger partial charge in [-0.15, -0.1) is 0 Å². The zero-order chi connectivity index (χ0) is 12.3. The van der Waals surface area contributed by atoms with E-state index in [2.05, 4.69) is 14.7 Å². The molecule has 0 fully saturated rings. The van der Waals surface area contributed by atoms with Crippen molar-refractivity contribution in [1.29, 1.82) is 0 Å². The zero-order valence-electron chi connectivity index (χ0n) is 9.33. The number of hydrogen-bond donors (Lipinski definition) is 1. The summed E-state index contributed by atoms with van der Waals surface area (Å²) in [4.78, 5) is 29.3. The fourth-order valence-corrected chi connectivity index (χ4v) is 1.70. The third-order valence-corrected chi connectivity index (χ3v) is 3.02. The highest BCUT2D eigenvalue weighted by molar-refractivity contribution is 14.1. The quantitative estimate of drug-likeness (QED) is 0.668. The number of carbonyl (C=O) groups excluding carboxylic acids is 1. The van der Waals surface area contributed by atoms with Crippen LogP contribution < -0.4 is 5.56 Å². The highest BCUT2D eigenvalue weighted by atomic mass is 127. The molecule has 0 bridgehead atoms. The molecule has 1 rings (SSSR count). The van der Waals surface area contributed by atoms with Gasteiger partial charge in [-0.1, -0.05) is 13.8 Å². The number of H-pyrrole nitrogens is 1. The Morgan fingerprint density at radius 3 is 2.69 bits per heavy atom. The molecule has 16 heavy (non-hydrogen) atoms. The van der Waals surface area contributed by atoms with E-state index < -0.39 is 5.97 Å². The van der Waals surface area contributed by atoms with Gasteiger partial charge in [-0.25, -0.2) is 9.78 Å². The molecule has 0 aliphatic carbocycles. The Bertz CT molecular complexity index is 454. The van der Waals surface area contributed by atoms with Crippen molar-refractivity contribution in [1.82, 2.24) is 9.97 Å². The van der Waals surface area contributed by atoms with Gasteiger partial charge in [0.1, 0.15) is 0 Å². The SMILES string of the molecule is COC(=O)c1nc(CC(C)C)c(I)c(=O)[nH]1. The summed E-state index contributed by atoms with van der Waals surface area (Å²) in [5.41, 5.74) is 0.339. The maximum absolute atomic E-state index is 11.6. The van der Waals surface area contributed by atoms with E-state index in [1.54, 1.807) is 0 Å². The number of rotatable bonds is 3. The van der Waals surface area contributed by atoms with E-state index in [1.165, 1.54) is 7.11 Å². The van der Waals surface area contributed by atoms with E-state index in [-0.39, 0.29) is 11.4 Å². The van der Waals surface area contributed by atoms with Crippen molar-refractivity contribution in [2.75, 3.05) is 7.11 Å². The van der Waals surface area contributed by atoms with Crippen molar-refractivity contribution in [2.45, 2.75) is 20.3 Å². The summed E-state index contributed by atoms with van der Waals surface area (Å²) >= 11 is 1.93. The van der Waals surface area contributed by atoms with Crippen LogP contribution in [0.5, 0.6) is 0 Å². The number of esters is 1. The lowest BCUT2D eigenvalue weighted by Crippen LogP contribution is -2.22. The molecule has 0 atom stereocenters. The van der Waals surface area contributed by atoms with Gasteiger partial charge in [0.2, 0.25) is 5.82 Å². The molecule has 0 aliphatic rings. The van der Waals surface area contributed by atoms with Crippen molar-refractivity contribution in [3.63, 3.8) is 0 Å². The minimum absolute atomic E-state index is 0.0384. The van der Waals surface area contributed by atoms with Crippen LogP contribution in [-0.2, 0) is 11.2 Å². The molecule has 0 saturated carbocycles. The fourth-order valence-electron chi connectivity index (χ4n) is 1.22. The Kier molecular flexibility index (Phi) is 4.45. The highest BCUT2D eigenvalue weighted by Gasteiger charge is 2.15. The molecule has 0 unspecified atom stereocenters. The Morgan fingerprint density at radius 2 is 2.19 bits per heavy atom. The van der Waals surface area contributed by atoms with Gasteiger partial charge >= 0.3 is 5.97 Å². The van der Waals surface area contributed by atoms with Gasteiger partial charge in [-0.2, -0.15) is 0 Å². The average Bonchev–Trinajstić information content (AvgIpc) is 2.22. The number of aromatic amines is 1. The van der Waals surface area contributed by atoms with Crippen molar-refractivity contribution in [2.24, 2.45) is 5.92 Å². The molecule has 0 aliphatic heterocycles. The van der Waals surface area contributed by atoms with E-state index in [1.807, 2.05) is 36.4 Å². The number of carbonyl (C=O) groups is 1. The van der Waals surface area contributed by atoms with E-state index in [4.69, 9.17) is 0 Å². The Labute approximate surface area is 107 Å². The number of halogens is 1. The minimum Gasteiger partial charge on any atom is -0.463 e. The monoisotopic (exact) mass is 336 g/mol. The number of nitrogens with zero attached hydrogens (tertiary/aromatic N) is 1. The predicted molar refractivity (Wildman–Crippen MR) is 67.5 cm³/mol. The molecule has 0 spiro atoms. The Hall–Kier alpha value is -0.920. The molecule has 1 heterocycles. The zero-order valence-corrected chi connectivity index (χ0v) is 11.5. The molecule has 0 aromatic carbocycles. The lowest BCUT2D eigenvalue weighted by molar-refractivity contribution is 0.0585. The van der Waals surface area contributed by atoms with Gasteiger partial charge in [-0.3, -0.25) is 9.78 Å². The summed E-state index contributed by atoms with van der Waals surface area (Å²) in [5, 5.41) is 0. The van der Waals surface area contributed by atoms with Gasteiger partial charge in [0, 0.05) is 0 Å². The maximum atomic E-state index is 11.6. The summed E-state index contributed by atoms with van der Waals surface area (Å²) in [6, 6.07) is 0. The second kappa shape index (κ2) is 5.42. The van der Waals surface area contributed by atoms with Crippen LogP contribution in [0.3, 0.4) is 0 Å². The largest absolute Gasteiger partial charge is 0.463 e. The molecule has 1 aromatic heterocycles. The molecule has 1 N–H and O–H groups in total. The van der Waals surface area contributed by atoms with Crippen LogP contribution >= 0.6 is 22.6 Å². The molecule has 0 amide bonds.